The van der Waals surface area contributed by atoms with Gasteiger partial charge in [-0.3, -0.25) is 0 Å². The van der Waals surface area contributed by atoms with Crippen molar-refractivity contribution >= 4 is 0 Å². The number of halogens is 1. The highest BCUT2D eigenvalue weighted by Gasteiger charge is 2.14. The molecule has 3 heteroatoms. The van der Waals surface area contributed by atoms with Gasteiger partial charge in [0.2, 0.25) is 0 Å². The lowest BCUT2D eigenvalue weighted by atomic mass is 10.1. The molecule has 0 saturated carbocycles. The van der Waals surface area contributed by atoms with Gasteiger partial charge in [-0.15, -0.1) is 0 Å². The van der Waals surface area contributed by atoms with E-state index in [4.69, 9.17) is 0 Å². The first-order valence-corrected chi connectivity index (χ1v) is 4.49. The molecule has 69 valence electrons. The molecule has 1 unspecified atom stereocenters. The molecule has 13 heavy (non-hydrogen) atoms. The number of hydrogen-bond donors (Lipinski definition) is 1. The van der Waals surface area contributed by atoms with E-state index in [0.29, 0.717) is 0 Å². The average molecular weight is 179 g/mol. The number of nitrogens with zero attached hydrogens (tertiary/aromatic N) is 1. The molecule has 1 aliphatic rings. The summed E-state index contributed by atoms with van der Waals surface area (Å²) in [6, 6.07) is 6.78. The lowest BCUT2D eigenvalue weighted by Gasteiger charge is -2.22. The Balaban J connectivity index is 2.10. The first-order chi connectivity index (χ1) is 6.36. The normalized spacial score (nSPS) is 23.0. The van der Waals surface area contributed by atoms with Crippen LogP contribution in [-0.4, -0.2) is 19.6 Å². The van der Waals surface area contributed by atoms with Crippen molar-refractivity contribution in [3.63, 3.8) is 0 Å². The predicted molar refractivity (Wildman–Crippen MR) is 49.0 cm³/mol. The molecular formula is C10H12FN2. The fourth-order valence-electron chi connectivity index (χ4n) is 1.51. The second kappa shape index (κ2) is 3.85. The van der Waals surface area contributed by atoms with Crippen LogP contribution < -0.4 is 10.6 Å². The molecule has 0 spiro atoms. The topological polar surface area (TPSA) is 26.1 Å². The van der Waals surface area contributed by atoms with Gasteiger partial charge in [0, 0.05) is 19.6 Å². The molecule has 1 radical (unpaired) electrons. The van der Waals surface area contributed by atoms with E-state index < -0.39 is 0 Å². The van der Waals surface area contributed by atoms with Gasteiger partial charge in [-0.25, -0.2) is 9.71 Å². The fraction of sp³-hybridized carbons (Fsp3) is 0.400. The van der Waals surface area contributed by atoms with Crippen molar-refractivity contribution in [2.45, 2.75) is 6.04 Å². The van der Waals surface area contributed by atoms with E-state index in [1.165, 1.54) is 12.1 Å². The third-order valence-corrected chi connectivity index (χ3v) is 2.23. The third kappa shape index (κ3) is 2.05. The van der Waals surface area contributed by atoms with E-state index in [-0.39, 0.29) is 11.9 Å². The van der Waals surface area contributed by atoms with Gasteiger partial charge < -0.3 is 5.32 Å². The maximum atomic E-state index is 12.6. The molecule has 1 aromatic rings. The Hall–Kier alpha value is -0.930. The summed E-state index contributed by atoms with van der Waals surface area (Å²) in [6.07, 6.45) is 0. The van der Waals surface area contributed by atoms with Gasteiger partial charge in [-0.2, -0.15) is 0 Å². The van der Waals surface area contributed by atoms with Crippen LogP contribution in [0.1, 0.15) is 11.6 Å². The van der Waals surface area contributed by atoms with Gasteiger partial charge >= 0.3 is 0 Å². The quantitative estimate of drug-likeness (QED) is 0.685. The zero-order valence-corrected chi connectivity index (χ0v) is 7.33. The minimum Gasteiger partial charge on any atom is -0.313 e. The largest absolute Gasteiger partial charge is 0.313 e. The van der Waals surface area contributed by atoms with Crippen LogP contribution in [0.4, 0.5) is 4.39 Å². The minimum atomic E-state index is -0.187. The summed E-state index contributed by atoms with van der Waals surface area (Å²) in [5.74, 6) is -0.187. The van der Waals surface area contributed by atoms with Crippen LogP contribution in [0.25, 0.3) is 0 Å². The summed E-state index contributed by atoms with van der Waals surface area (Å²) in [5.41, 5.74) is 1.09. The van der Waals surface area contributed by atoms with Crippen molar-refractivity contribution in [1.29, 1.82) is 0 Å². The monoisotopic (exact) mass is 179 g/mol. The van der Waals surface area contributed by atoms with E-state index in [2.05, 4.69) is 10.6 Å². The Morgan fingerprint density at radius 2 is 2.08 bits per heavy atom. The number of rotatable bonds is 1. The minimum absolute atomic E-state index is 0.187. The van der Waals surface area contributed by atoms with Crippen molar-refractivity contribution in [2.75, 3.05) is 19.6 Å². The van der Waals surface area contributed by atoms with Crippen LogP contribution in [0.3, 0.4) is 0 Å². The molecule has 0 amide bonds. The standard InChI is InChI=1S/C10H12FN2/c11-9-3-1-8(2-4-9)10-7-12-5-6-13-10/h1-4,10,12H,5-7H2. The summed E-state index contributed by atoms with van der Waals surface area (Å²) in [4.78, 5) is 0. The molecule has 2 rings (SSSR count). The van der Waals surface area contributed by atoms with E-state index in [1.807, 2.05) is 0 Å². The molecule has 1 aliphatic heterocycles. The van der Waals surface area contributed by atoms with Crippen molar-refractivity contribution in [3.8, 4) is 0 Å². The molecule has 1 heterocycles. The zero-order chi connectivity index (χ0) is 9.10. The number of benzene rings is 1. The van der Waals surface area contributed by atoms with Crippen LogP contribution in [0, 0.1) is 5.82 Å². The lowest BCUT2D eigenvalue weighted by molar-refractivity contribution is 0.421. The molecular weight excluding hydrogens is 167 g/mol. The molecule has 0 aliphatic carbocycles. The highest BCUT2D eigenvalue weighted by Crippen LogP contribution is 2.15. The lowest BCUT2D eigenvalue weighted by Crippen LogP contribution is -2.38. The molecule has 0 bridgehead atoms. The van der Waals surface area contributed by atoms with E-state index >= 15 is 0 Å². The van der Waals surface area contributed by atoms with Crippen LogP contribution in [-0.2, 0) is 0 Å². The van der Waals surface area contributed by atoms with Gasteiger partial charge in [0.15, 0.2) is 0 Å². The summed E-state index contributed by atoms with van der Waals surface area (Å²) < 4.78 is 12.6. The Kier molecular flexibility index (Phi) is 2.57. The van der Waals surface area contributed by atoms with Crippen molar-refractivity contribution in [2.24, 2.45) is 0 Å². The maximum Gasteiger partial charge on any atom is 0.123 e. The second-order valence-electron chi connectivity index (χ2n) is 3.18. The number of piperazine rings is 1. The zero-order valence-electron chi connectivity index (χ0n) is 7.33. The van der Waals surface area contributed by atoms with Gasteiger partial charge in [0.05, 0.1) is 6.04 Å². The number of nitrogens with one attached hydrogen (secondary N) is 1. The van der Waals surface area contributed by atoms with Crippen molar-refractivity contribution in [1.82, 2.24) is 10.6 Å². The summed E-state index contributed by atoms with van der Waals surface area (Å²) in [5, 5.41) is 7.70. The highest BCUT2D eigenvalue weighted by molar-refractivity contribution is 5.20. The summed E-state index contributed by atoms with van der Waals surface area (Å²) in [6.45, 7) is 2.67. The SMILES string of the molecule is Fc1ccc(C2CNCC[N]2)cc1. The van der Waals surface area contributed by atoms with Crippen LogP contribution in [0.2, 0.25) is 0 Å². The Morgan fingerprint density at radius 1 is 1.31 bits per heavy atom. The highest BCUT2D eigenvalue weighted by atomic mass is 19.1. The van der Waals surface area contributed by atoms with E-state index in [1.54, 1.807) is 12.1 Å². The summed E-state index contributed by atoms with van der Waals surface area (Å²) >= 11 is 0. The van der Waals surface area contributed by atoms with Gasteiger partial charge in [-0.1, -0.05) is 12.1 Å². The molecule has 1 atom stereocenters. The summed E-state index contributed by atoms with van der Waals surface area (Å²) in [7, 11) is 0. The first-order valence-electron chi connectivity index (χ1n) is 4.49. The molecule has 0 aromatic heterocycles. The Morgan fingerprint density at radius 3 is 2.69 bits per heavy atom. The third-order valence-electron chi connectivity index (χ3n) is 2.23. The van der Waals surface area contributed by atoms with Crippen LogP contribution in [0.5, 0.6) is 0 Å². The van der Waals surface area contributed by atoms with Gasteiger partial charge in [-0.05, 0) is 17.7 Å². The molecule has 1 saturated heterocycles. The van der Waals surface area contributed by atoms with E-state index in [0.717, 1.165) is 25.2 Å². The maximum absolute atomic E-state index is 12.6. The smallest absolute Gasteiger partial charge is 0.123 e. The van der Waals surface area contributed by atoms with Crippen LogP contribution >= 0.6 is 0 Å². The van der Waals surface area contributed by atoms with Gasteiger partial charge in [0.1, 0.15) is 5.82 Å². The van der Waals surface area contributed by atoms with Gasteiger partial charge in [0.25, 0.3) is 0 Å². The number of hydrogen-bond acceptors (Lipinski definition) is 1. The first kappa shape index (κ1) is 8.66. The average Bonchev–Trinajstić information content (AvgIpc) is 2.20. The second-order valence-corrected chi connectivity index (χ2v) is 3.18. The molecule has 2 nitrogen and oxygen atoms in total. The van der Waals surface area contributed by atoms with E-state index in [9.17, 15) is 4.39 Å². The molecule has 1 N–H and O–H groups in total. The van der Waals surface area contributed by atoms with Crippen molar-refractivity contribution < 1.29 is 4.39 Å². The van der Waals surface area contributed by atoms with Crippen LogP contribution in [0.15, 0.2) is 24.3 Å². The Bertz CT molecular complexity index is 265. The Labute approximate surface area is 77.2 Å². The fourth-order valence-corrected chi connectivity index (χ4v) is 1.51. The molecule has 1 aromatic carbocycles. The predicted octanol–water partition coefficient (Wildman–Crippen LogP) is 1.07. The molecule has 1 fully saturated rings. The van der Waals surface area contributed by atoms with Crippen molar-refractivity contribution in [3.05, 3.63) is 35.6 Å².